The van der Waals surface area contributed by atoms with Crippen LogP contribution in [0.3, 0.4) is 0 Å². The Labute approximate surface area is 283 Å². The number of anilines is 1. The van der Waals surface area contributed by atoms with Crippen molar-refractivity contribution in [3.8, 4) is 0 Å². The van der Waals surface area contributed by atoms with Gasteiger partial charge >= 0.3 is 0 Å². The molecule has 5 rings (SSSR count). The Kier molecular flexibility index (Phi) is 11.0. The first-order chi connectivity index (χ1) is 21.0. The van der Waals surface area contributed by atoms with Crippen LogP contribution in [-0.4, -0.2) is 62.0 Å². The number of nitrogens with zero attached hydrogens (tertiary/aromatic N) is 5. The molecule has 5 aromatic rings. The van der Waals surface area contributed by atoms with Gasteiger partial charge in [-0.2, -0.15) is 27.1 Å². The number of rotatable bonds is 10. The Morgan fingerprint density at radius 2 is 1.13 bits per heavy atom. The third-order valence-electron chi connectivity index (χ3n) is 6.71. The molecule has 11 nitrogen and oxygen atoms in total. The smallest absolute Gasteiger partial charge is 0.294 e. The second-order valence-corrected chi connectivity index (χ2v) is 12.5. The van der Waals surface area contributed by atoms with Crippen LogP contribution in [0.5, 0.6) is 0 Å². The van der Waals surface area contributed by atoms with E-state index in [9.17, 15) is 25.9 Å². The molecular weight excluding hydrogens is 625 g/mol. The summed E-state index contributed by atoms with van der Waals surface area (Å²) in [5.41, 5.74) is 3.71. The summed E-state index contributed by atoms with van der Waals surface area (Å²) in [6.45, 7) is 3.10. The summed E-state index contributed by atoms with van der Waals surface area (Å²) in [5.74, 6) is 0. The molecule has 0 atom stereocenters. The van der Waals surface area contributed by atoms with Crippen LogP contribution >= 0.6 is 0 Å². The number of azo groups is 2. The molecule has 0 aliphatic rings. The molecule has 45 heavy (non-hydrogen) atoms. The average molecular weight is 653 g/mol. The van der Waals surface area contributed by atoms with Gasteiger partial charge in [-0.1, -0.05) is 42.5 Å². The molecule has 0 aliphatic carbocycles. The molecule has 2 N–H and O–H groups in total. The summed E-state index contributed by atoms with van der Waals surface area (Å²) in [5, 5.41) is 18.9. The fourth-order valence-corrected chi connectivity index (χ4v) is 5.58. The van der Waals surface area contributed by atoms with Crippen molar-refractivity contribution in [1.29, 1.82) is 0 Å². The molecule has 225 valence electrons. The van der Waals surface area contributed by atoms with Gasteiger partial charge in [-0.05, 0) is 79.2 Å². The number of benzene rings is 5. The average Bonchev–Trinajstić information content (AvgIpc) is 3.01. The number of hydrogen-bond donors (Lipinski definition) is 2. The van der Waals surface area contributed by atoms with Crippen LogP contribution in [0, 0.1) is 0 Å². The molecule has 0 aliphatic heterocycles. The van der Waals surface area contributed by atoms with Crippen molar-refractivity contribution in [3.05, 3.63) is 115 Å². The SMILES string of the molecule is CCN(Cc1cccc(S(=O)(=O)O)c1)c1ccc(N=Nc2ccc(N=Nc3cccc(S(=O)(=O)O)c3)c3ccccc23)cc1.[Na]. The van der Waals surface area contributed by atoms with Crippen LogP contribution < -0.4 is 4.90 Å². The van der Waals surface area contributed by atoms with E-state index in [0.29, 0.717) is 30.2 Å². The minimum Gasteiger partial charge on any atom is -0.367 e. The van der Waals surface area contributed by atoms with Crippen molar-refractivity contribution in [1.82, 2.24) is 0 Å². The van der Waals surface area contributed by atoms with Gasteiger partial charge in [0, 0.05) is 59.1 Å². The van der Waals surface area contributed by atoms with Crippen LogP contribution in [0.1, 0.15) is 12.5 Å². The maximum absolute atomic E-state index is 11.5. The Morgan fingerprint density at radius 1 is 0.600 bits per heavy atom. The predicted molar refractivity (Wildman–Crippen MR) is 174 cm³/mol. The minimum atomic E-state index is -4.36. The van der Waals surface area contributed by atoms with Gasteiger partial charge in [0.05, 0.1) is 32.5 Å². The van der Waals surface area contributed by atoms with E-state index in [4.69, 9.17) is 0 Å². The molecule has 0 heterocycles. The molecule has 0 bridgehead atoms. The molecule has 5 aromatic carbocycles. The maximum Gasteiger partial charge on any atom is 0.294 e. The third kappa shape index (κ3) is 8.67. The van der Waals surface area contributed by atoms with Gasteiger partial charge in [-0.15, -0.1) is 10.2 Å². The minimum absolute atomic E-state index is 0. The van der Waals surface area contributed by atoms with Gasteiger partial charge in [0.2, 0.25) is 0 Å². The summed E-state index contributed by atoms with van der Waals surface area (Å²) >= 11 is 0. The standard InChI is InChI=1S/C31H27N5O6S2.Na/c1-2-36(21-22-7-5-9-26(19-22)43(37,38)39)25-15-13-23(14-16-25)32-34-30-17-18-31(29-12-4-3-11-28(29)30)35-33-24-8-6-10-27(20-24)44(40,41)42;/h3-20H,2,21H2,1H3,(H,37,38,39)(H,40,41,42);. The fraction of sp³-hybridized carbons (Fsp3) is 0.0968. The van der Waals surface area contributed by atoms with E-state index in [1.54, 1.807) is 30.3 Å². The topological polar surface area (TPSA) is 161 Å². The van der Waals surface area contributed by atoms with Gasteiger partial charge in [0.25, 0.3) is 20.2 Å². The normalized spacial score (nSPS) is 12.1. The Balaban J connectivity index is 0.00000461. The van der Waals surface area contributed by atoms with E-state index in [1.165, 1.54) is 30.3 Å². The summed E-state index contributed by atoms with van der Waals surface area (Å²) in [4.78, 5) is 1.65. The summed E-state index contributed by atoms with van der Waals surface area (Å²) in [6, 6.07) is 30.2. The first kappa shape index (κ1) is 34.1. The molecule has 0 unspecified atom stereocenters. The van der Waals surface area contributed by atoms with Crippen LogP contribution in [0.4, 0.5) is 28.4 Å². The first-order valence-electron chi connectivity index (χ1n) is 13.4. The Hall–Kier alpha value is -3.82. The first-order valence-corrected chi connectivity index (χ1v) is 16.2. The zero-order valence-corrected chi connectivity index (χ0v) is 28.0. The van der Waals surface area contributed by atoms with Crippen molar-refractivity contribution >= 4 is 89.0 Å². The van der Waals surface area contributed by atoms with Crippen molar-refractivity contribution in [2.24, 2.45) is 20.5 Å². The monoisotopic (exact) mass is 652 g/mol. The van der Waals surface area contributed by atoms with E-state index < -0.39 is 20.2 Å². The number of hydrogen-bond acceptors (Lipinski definition) is 9. The van der Waals surface area contributed by atoms with Crippen molar-refractivity contribution < 1.29 is 25.9 Å². The molecule has 0 amide bonds. The van der Waals surface area contributed by atoms with Crippen molar-refractivity contribution in [2.45, 2.75) is 23.3 Å². The van der Waals surface area contributed by atoms with Crippen LogP contribution in [0.25, 0.3) is 10.8 Å². The molecular formula is C31H27N5NaO6S2. The molecule has 14 heteroatoms. The van der Waals surface area contributed by atoms with Crippen LogP contribution in [-0.2, 0) is 26.8 Å². The zero-order chi connectivity index (χ0) is 31.3. The summed E-state index contributed by atoms with van der Waals surface area (Å²) < 4.78 is 64.6. The largest absolute Gasteiger partial charge is 0.367 e. The van der Waals surface area contributed by atoms with Crippen molar-refractivity contribution in [2.75, 3.05) is 11.4 Å². The quantitative estimate of drug-likeness (QED) is 0.0883. The molecule has 0 spiro atoms. The van der Waals surface area contributed by atoms with Gasteiger partial charge in [0.1, 0.15) is 0 Å². The van der Waals surface area contributed by atoms with E-state index in [-0.39, 0.29) is 45.0 Å². The fourth-order valence-electron chi connectivity index (χ4n) is 4.51. The second-order valence-electron chi connectivity index (χ2n) is 9.67. The molecule has 0 fully saturated rings. The predicted octanol–water partition coefficient (Wildman–Crippen LogP) is 7.81. The maximum atomic E-state index is 11.5. The van der Waals surface area contributed by atoms with Crippen LogP contribution in [0.2, 0.25) is 0 Å². The third-order valence-corrected chi connectivity index (χ3v) is 8.41. The van der Waals surface area contributed by atoms with Gasteiger partial charge in [-0.3, -0.25) is 9.11 Å². The van der Waals surface area contributed by atoms with Crippen LogP contribution in [0.15, 0.2) is 139 Å². The van der Waals surface area contributed by atoms with Gasteiger partial charge in [-0.25, -0.2) is 0 Å². The van der Waals surface area contributed by atoms with Crippen molar-refractivity contribution in [3.63, 3.8) is 0 Å². The van der Waals surface area contributed by atoms with E-state index in [2.05, 4.69) is 25.4 Å². The summed E-state index contributed by atoms with van der Waals surface area (Å²) in [6.07, 6.45) is 0. The Morgan fingerprint density at radius 3 is 1.69 bits per heavy atom. The van der Waals surface area contributed by atoms with Gasteiger partial charge in [0.15, 0.2) is 0 Å². The molecule has 1 radical (unpaired) electrons. The van der Waals surface area contributed by atoms with Gasteiger partial charge < -0.3 is 4.90 Å². The molecule has 0 saturated heterocycles. The zero-order valence-electron chi connectivity index (χ0n) is 24.4. The molecule has 0 aromatic heterocycles. The van der Waals surface area contributed by atoms with E-state index >= 15 is 0 Å². The van der Waals surface area contributed by atoms with E-state index in [1.807, 2.05) is 55.5 Å². The second kappa shape index (κ2) is 14.5. The Bertz CT molecular complexity index is 2110. The van der Waals surface area contributed by atoms with E-state index in [0.717, 1.165) is 22.0 Å². The summed E-state index contributed by atoms with van der Waals surface area (Å²) in [7, 11) is -8.64. The molecule has 0 saturated carbocycles. The number of fused-ring (bicyclic) bond motifs is 1.